The molecule has 0 bridgehead atoms. The number of aliphatic carboxylic acids is 1. The largest absolute Gasteiger partial charge is 0.480 e. The van der Waals surface area contributed by atoms with Gasteiger partial charge in [-0.25, -0.2) is 4.79 Å². The molecule has 8 nitrogen and oxygen atoms in total. The molecule has 0 fully saturated rings. The molecule has 1 atom stereocenters. The zero-order valence-corrected chi connectivity index (χ0v) is 16.8. The van der Waals surface area contributed by atoms with Crippen molar-refractivity contribution in [2.24, 2.45) is 0 Å². The van der Waals surface area contributed by atoms with Crippen LogP contribution in [0, 0.1) is 11.3 Å². The number of hydrogen-bond donors (Lipinski definition) is 3. The van der Waals surface area contributed by atoms with Crippen LogP contribution in [0.1, 0.15) is 36.3 Å². The molecule has 31 heavy (non-hydrogen) atoms. The monoisotopic (exact) mass is 421 g/mol. The molecule has 0 heterocycles. The van der Waals surface area contributed by atoms with Crippen molar-refractivity contribution in [1.82, 2.24) is 10.6 Å². The van der Waals surface area contributed by atoms with Crippen LogP contribution in [0.3, 0.4) is 0 Å². The molecule has 0 saturated carbocycles. The van der Waals surface area contributed by atoms with Crippen LogP contribution in [0.5, 0.6) is 0 Å². The summed E-state index contributed by atoms with van der Waals surface area (Å²) in [5, 5.41) is 22.2. The fourth-order valence-corrected chi connectivity index (χ4v) is 3.72. The summed E-state index contributed by atoms with van der Waals surface area (Å²) >= 11 is 0. The molecule has 0 aliphatic heterocycles. The van der Waals surface area contributed by atoms with Crippen molar-refractivity contribution < 1.29 is 24.2 Å². The van der Waals surface area contributed by atoms with E-state index in [0.717, 1.165) is 22.3 Å². The highest BCUT2D eigenvalue weighted by atomic mass is 16.5. The number of alkyl carbamates (subject to hydrolysis) is 1. The van der Waals surface area contributed by atoms with Gasteiger partial charge in [-0.1, -0.05) is 48.5 Å². The van der Waals surface area contributed by atoms with Crippen molar-refractivity contribution in [2.45, 2.75) is 31.2 Å². The highest BCUT2D eigenvalue weighted by Gasteiger charge is 2.29. The van der Waals surface area contributed by atoms with Gasteiger partial charge >= 0.3 is 12.1 Å². The Morgan fingerprint density at radius 2 is 1.68 bits per heavy atom. The second-order valence-electron chi connectivity index (χ2n) is 7.18. The predicted octanol–water partition coefficient (Wildman–Crippen LogP) is 2.79. The Hall–Kier alpha value is -3.86. The van der Waals surface area contributed by atoms with Crippen LogP contribution in [0.25, 0.3) is 11.1 Å². The van der Waals surface area contributed by atoms with Crippen LogP contribution in [-0.2, 0) is 14.3 Å². The molecular formula is C23H23N3O5. The average Bonchev–Trinajstić information content (AvgIpc) is 3.09. The van der Waals surface area contributed by atoms with Crippen molar-refractivity contribution in [3.8, 4) is 17.2 Å². The van der Waals surface area contributed by atoms with Crippen molar-refractivity contribution >= 4 is 18.0 Å². The number of carboxylic acid groups (broad SMARTS) is 1. The van der Waals surface area contributed by atoms with E-state index in [0.29, 0.717) is 6.42 Å². The van der Waals surface area contributed by atoms with Gasteiger partial charge in [0.2, 0.25) is 5.91 Å². The van der Waals surface area contributed by atoms with E-state index < -0.39 is 30.6 Å². The van der Waals surface area contributed by atoms with Gasteiger partial charge in [-0.15, -0.1) is 0 Å². The SMILES string of the molecule is N#CCCCC(NC(=O)OCC1c2ccccc2-c2ccccc21)C(=O)NCC(=O)O. The average molecular weight is 421 g/mol. The molecule has 1 aliphatic carbocycles. The third-order valence-electron chi connectivity index (χ3n) is 5.15. The summed E-state index contributed by atoms with van der Waals surface area (Å²) in [6.07, 6.45) is 0.0261. The maximum absolute atomic E-state index is 12.4. The van der Waals surface area contributed by atoms with Gasteiger partial charge in [0.15, 0.2) is 0 Å². The Balaban J connectivity index is 1.64. The van der Waals surface area contributed by atoms with E-state index in [1.165, 1.54) is 0 Å². The van der Waals surface area contributed by atoms with E-state index in [1.807, 2.05) is 54.6 Å². The molecule has 8 heteroatoms. The van der Waals surface area contributed by atoms with Crippen molar-refractivity contribution in [2.75, 3.05) is 13.2 Å². The summed E-state index contributed by atoms with van der Waals surface area (Å²) in [4.78, 5) is 35.3. The Labute approximate surface area is 179 Å². The van der Waals surface area contributed by atoms with Crippen LogP contribution in [0.2, 0.25) is 0 Å². The lowest BCUT2D eigenvalue weighted by Gasteiger charge is -2.19. The number of carbonyl (C=O) groups excluding carboxylic acids is 2. The Bertz CT molecular complexity index is 969. The first kappa shape index (κ1) is 21.8. The number of fused-ring (bicyclic) bond motifs is 3. The number of ether oxygens (including phenoxy) is 1. The van der Waals surface area contributed by atoms with Gasteiger partial charge in [-0.2, -0.15) is 5.26 Å². The number of carbonyl (C=O) groups is 3. The third kappa shape index (κ3) is 5.39. The van der Waals surface area contributed by atoms with Crippen molar-refractivity contribution in [3.05, 3.63) is 59.7 Å². The van der Waals surface area contributed by atoms with Gasteiger partial charge in [0.25, 0.3) is 0 Å². The second kappa shape index (κ2) is 10.3. The molecule has 1 unspecified atom stereocenters. The summed E-state index contributed by atoms with van der Waals surface area (Å²) in [7, 11) is 0. The van der Waals surface area contributed by atoms with Gasteiger partial charge in [0.05, 0.1) is 6.07 Å². The summed E-state index contributed by atoms with van der Waals surface area (Å²) in [6.45, 7) is -0.457. The lowest BCUT2D eigenvalue weighted by atomic mass is 9.98. The van der Waals surface area contributed by atoms with Gasteiger partial charge in [-0.3, -0.25) is 9.59 Å². The van der Waals surface area contributed by atoms with Gasteiger partial charge in [0, 0.05) is 12.3 Å². The first-order valence-corrected chi connectivity index (χ1v) is 9.99. The molecule has 1 aliphatic rings. The highest BCUT2D eigenvalue weighted by molar-refractivity contribution is 5.88. The van der Waals surface area contributed by atoms with E-state index in [2.05, 4.69) is 10.6 Å². The van der Waals surface area contributed by atoms with E-state index in [1.54, 1.807) is 0 Å². The zero-order valence-electron chi connectivity index (χ0n) is 16.8. The lowest BCUT2D eigenvalue weighted by Crippen LogP contribution is -2.48. The number of benzene rings is 2. The smallest absolute Gasteiger partial charge is 0.407 e. The number of amides is 2. The first-order valence-electron chi connectivity index (χ1n) is 9.99. The maximum Gasteiger partial charge on any atom is 0.407 e. The minimum Gasteiger partial charge on any atom is -0.480 e. The van der Waals surface area contributed by atoms with E-state index in [4.69, 9.17) is 15.1 Å². The quantitative estimate of drug-likeness (QED) is 0.534. The molecule has 0 saturated heterocycles. The predicted molar refractivity (Wildman–Crippen MR) is 112 cm³/mol. The minimum atomic E-state index is -1.19. The molecule has 0 radical (unpaired) electrons. The number of carboxylic acids is 1. The third-order valence-corrected chi connectivity index (χ3v) is 5.15. The highest BCUT2D eigenvalue weighted by Crippen LogP contribution is 2.44. The summed E-state index contributed by atoms with van der Waals surface area (Å²) in [5.74, 6) is -1.94. The maximum atomic E-state index is 12.4. The Morgan fingerprint density at radius 1 is 1.06 bits per heavy atom. The van der Waals surface area contributed by atoms with Gasteiger partial charge < -0.3 is 20.5 Å². The summed E-state index contributed by atoms with van der Waals surface area (Å²) < 4.78 is 5.44. The molecular weight excluding hydrogens is 398 g/mol. The molecule has 3 rings (SSSR count). The van der Waals surface area contributed by atoms with Crippen LogP contribution >= 0.6 is 0 Å². The normalized spacial score (nSPS) is 12.7. The Morgan fingerprint density at radius 3 is 2.26 bits per heavy atom. The van der Waals surface area contributed by atoms with E-state index in [-0.39, 0.29) is 25.4 Å². The number of rotatable bonds is 9. The minimum absolute atomic E-state index is 0.0987. The fraction of sp³-hybridized carbons (Fsp3) is 0.304. The fourth-order valence-electron chi connectivity index (χ4n) is 3.72. The first-order chi connectivity index (χ1) is 15.0. The van der Waals surface area contributed by atoms with Crippen LogP contribution < -0.4 is 10.6 Å². The van der Waals surface area contributed by atoms with Crippen LogP contribution in [-0.4, -0.2) is 42.3 Å². The summed E-state index contributed by atoms with van der Waals surface area (Å²) in [5.41, 5.74) is 4.35. The molecule has 160 valence electrons. The van der Waals surface area contributed by atoms with Crippen LogP contribution in [0.15, 0.2) is 48.5 Å². The lowest BCUT2D eigenvalue weighted by molar-refractivity contribution is -0.138. The van der Waals surface area contributed by atoms with Gasteiger partial charge in [0.1, 0.15) is 19.2 Å². The molecule has 2 aromatic rings. The van der Waals surface area contributed by atoms with Crippen molar-refractivity contribution in [1.29, 1.82) is 5.26 Å². The topological polar surface area (TPSA) is 129 Å². The number of nitriles is 1. The number of nitrogens with one attached hydrogen (secondary N) is 2. The molecule has 0 aromatic heterocycles. The van der Waals surface area contributed by atoms with E-state index >= 15 is 0 Å². The zero-order chi connectivity index (χ0) is 22.2. The second-order valence-corrected chi connectivity index (χ2v) is 7.18. The molecule has 3 N–H and O–H groups in total. The number of hydrogen-bond acceptors (Lipinski definition) is 5. The molecule has 2 aromatic carbocycles. The number of unbranched alkanes of at least 4 members (excludes halogenated alkanes) is 1. The van der Waals surface area contributed by atoms with Crippen LogP contribution in [0.4, 0.5) is 4.79 Å². The molecule has 2 amide bonds. The Kier molecular flexibility index (Phi) is 7.22. The summed E-state index contributed by atoms with van der Waals surface area (Å²) in [6, 6.07) is 16.9. The standard InChI is InChI=1S/C23H23N3O5/c24-12-6-5-11-20(22(29)25-13-21(27)28)26-23(30)31-14-19-17-9-3-1-7-15(17)16-8-2-4-10-18(16)19/h1-4,7-10,19-20H,5-6,11,13-14H2,(H,25,29)(H,26,30)(H,27,28). The van der Waals surface area contributed by atoms with E-state index in [9.17, 15) is 14.4 Å². The number of nitrogens with zero attached hydrogens (tertiary/aromatic N) is 1. The molecule has 0 spiro atoms. The van der Waals surface area contributed by atoms with Gasteiger partial charge in [-0.05, 0) is 35.1 Å². The van der Waals surface area contributed by atoms with Crippen molar-refractivity contribution in [3.63, 3.8) is 0 Å².